The van der Waals surface area contributed by atoms with E-state index in [1.165, 1.54) is 0 Å². The van der Waals surface area contributed by atoms with Gasteiger partial charge in [-0.05, 0) is 58.6 Å². The van der Waals surface area contributed by atoms with E-state index in [2.05, 4.69) is 26.6 Å². The Hall–Kier alpha value is -1.51. The Morgan fingerprint density at radius 3 is 2.65 bits per heavy atom. The van der Waals surface area contributed by atoms with Gasteiger partial charge in [0, 0.05) is 4.88 Å². The fourth-order valence-corrected chi connectivity index (χ4v) is 4.04. The van der Waals surface area contributed by atoms with Gasteiger partial charge in [0.2, 0.25) is 5.91 Å². The summed E-state index contributed by atoms with van der Waals surface area (Å²) in [5.41, 5.74) is 0. The van der Waals surface area contributed by atoms with Crippen LogP contribution in [0.2, 0.25) is 0 Å². The summed E-state index contributed by atoms with van der Waals surface area (Å²) in [5.74, 6) is 0.907. The summed E-state index contributed by atoms with van der Waals surface area (Å²) in [6, 6.07) is 12.4. The second kappa shape index (κ2) is 11.3. The van der Waals surface area contributed by atoms with Gasteiger partial charge in [-0.1, -0.05) is 18.2 Å². The lowest BCUT2D eigenvalue weighted by Gasteiger charge is -2.18. The van der Waals surface area contributed by atoms with Crippen molar-refractivity contribution >= 4 is 50.8 Å². The van der Waals surface area contributed by atoms with Crippen LogP contribution in [-0.4, -0.2) is 36.5 Å². The van der Waals surface area contributed by atoms with Crippen molar-refractivity contribution in [3.63, 3.8) is 0 Å². The Balaban J connectivity index is 1.84. The molecule has 0 spiro atoms. The lowest BCUT2D eigenvalue weighted by Crippen LogP contribution is -2.48. The second-order valence-electron chi connectivity index (χ2n) is 5.43. The summed E-state index contributed by atoms with van der Waals surface area (Å²) in [6.07, 6.45) is 2.54. The van der Waals surface area contributed by atoms with Crippen molar-refractivity contribution < 1.29 is 14.3 Å². The monoisotopic (exact) mass is 456 g/mol. The van der Waals surface area contributed by atoms with E-state index >= 15 is 0 Å². The number of rotatable bonds is 10. The Bertz CT molecular complexity index is 709. The molecule has 0 aliphatic heterocycles. The zero-order chi connectivity index (χ0) is 18.8. The van der Waals surface area contributed by atoms with Gasteiger partial charge < -0.3 is 15.4 Å². The summed E-state index contributed by atoms with van der Waals surface area (Å²) >= 11 is 6.61. The molecule has 1 atom stereocenters. The second-order valence-corrected chi connectivity index (χ2v) is 8.96. The molecule has 0 aliphatic rings. The molecule has 0 fully saturated rings. The standard InChI is InChI=1S/C18H21BrN2O3S2/c1-25-10-9-15(18(23)20-11-14-7-8-16(19)26-14)21-17(22)12-24-13-5-3-2-4-6-13/h2-8,15H,9-12H2,1H3,(H,20,23)(H,21,22). The Labute approximate surface area is 170 Å². The SMILES string of the molecule is CSCCC(NC(=O)COc1ccccc1)C(=O)NCc1ccc(Br)s1. The van der Waals surface area contributed by atoms with Crippen LogP contribution in [0.25, 0.3) is 0 Å². The average molecular weight is 457 g/mol. The number of carbonyl (C=O) groups excluding carboxylic acids is 2. The van der Waals surface area contributed by atoms with E-state index in [9.17, 15) is 9.59 Å². The first-order chi connectivity index (χ1) is 12.6. The van der Waals surface area contributed by atoms with Crippen LogP contribution in [-0.2, 0) is 16.1 Å². The van der Waals surface area contributed by atoms with Crippen LogP contribution in [0.5, 0.6) is 5.75 Å². The van der Waals surface area contributed by atoms with E-state index < -0.39 is 6.04 Å². The summed E-state index contributed by atoms with van der Waals surface area (Å²) in [6.45, 7) is 0.326. The van der Waals surface area contributed by atoms with Gasteiger partial charge in [0.1, 0.15) is 11.8 Å². The molecule has 5 nitrogen and oxygen atoms in total. The summed E-state index contributed by atoms with van der Waals surface area (Å²) < 4.78 is 6.45. The van der Waals surface area contributed by atoms with Crippen molar-refractivity contribution in [2.24, 2.45) is 0 Å². The van der Waals surface area contributed by atoms with Gasteiger partial charge in [-0.15, -0.1) is 11.3 Å². The zero-order valence-corrected chi connectivity index (χ0v) is 17.6. The first kappa shape index (κ1) is 20.8. The minimum absolute atomic E-state index is 0.120. The minimum Gasteiger partial charge on any atom is -0.484 e. The molecule has 0 saturated carbocycles. The normalized spacial score (nSPS) is 11.6. The number of para-hydroxylation sites is 1. The Morgan fingerprint density at radius 2 is 2.00 bits per heavy atom. The molecule has 2 rings (SSSR count). The number of thiophene rings is 1. The predicted octanol–water partition coefficient (Wildman–Crippen LogP) is 3.44. The maximum Gasteiger partial charge on any atom is 0.258 e. The molecule has 1 aromatic heterocycles. The van der Waals surface area contributed by atoms with E-state index in [1.54, 1.807) is 35.2 Å². The van der Waals surface area contributed by atoms with Crippen molar-refractivity contribution in [3.05, 3.63) is 51.1 Å². The number of nitrogens with one attached hydrogen (secondary N) is 2. The van der Waals surface area contributed by atoms with Crippen molar-refractivity contribution in [2.45, 2.75) is 19.0 Å². The molecule has 2 aromatic rings. The number of hydrogen-bond donors (Lipinski definition) is 2. The molecule has 0 aliphatic carbocycles. The number of amides is 2. The van der Waals surface area contributed by atoms with Crippen LogP contribution in [0.15, 0.2) is 46.3 Å². The molecule has 0 bridgehead atoms. The van der Waals surface area contributed by atoms with Crippen molar-refractivity contribution in [1.29, 1.82) is 0 Å². The van der Waals surface area contributed by atoms with Gasteiger partial charge >= 0.3 is 0 Å². The average Bonchev–Trinajstić information content (AvgIpc) is 3.07. The lowest BCUT2D eigenvalue weighted by molar-refractivity contribution is -0.130. The first-order valence-corrected chi connectivity index (χ1v) is 11.1. The number of halogens is 1. The van der Waals surface area contributed by atoms with Crippen molar-refractivity contribution in [2.75, 3.05) is 18.6 Å². The predicted molar refractivity (Wildman–Crippen MR) is 111 cm³/mol. The van der Waals surface area contributed by atoms with Gasteiger partial charge in [0.15, 0.2) is 6.61 Å². The van der Waals surface area contributed by atoms with Crippen molar-refractivity contribution in [3.8, 4) is 5.75 Å². The molecule has 26 heavy (non-hydrogen) atoms. The number of ether oxygens (including phenoxy) is 1. The maximum absolute atomic E-state index is 12.5. The summed E-state index contributed by atoms with van der Waals surface area (Å²) in [7, 11) is 0. The van der Waals surface area contributed by atoms with Crippen molar-refractivity contribution in [1.82, 2.24) is 10.6 Å². The van der Waals surface area contributed by atoms with Crippen LogP contribution in [0.4, 0.5) is 0 Å². The number of benzene rings is 1. The lowest BCUT2D eigenvalue weighted by atomic mass is 10.2. The smallest absolute Gasteiger partial charge is 0.258 e. The van der Waals surface area contributed by atoms with E-state index in [4.69, 9.17) is 4.74 Å². The van der Waals surface area contributed by atoms with Crippen LogP contribution in [0.3, 0.4) is 0 Å². The van der Waals surface area contributed by atoms with Gasteiger partial charge in [-0.25, -0.2) is 0 Å². The third-order valence-corrected chi connectivity index (χ3v) is 5.71. The van der Waals surface area contributed by atoms with Crippen LogP contribution >= 0.6 is 39.0 Å². The molecule has 0 saturated heterocycles. The van der Waals surface area contributed by atoms with Crippen LogP contribution < -0.4 is 15.4 Å². The van der Waals surface area contributed by atoms with Gasteiger partial charge in [0.25, 0.3) is 5.91 Å². The highest BCUT2D eigenvalue weighted by atomic mass is 79.9. The topological polar surface area (TPSA) is 67.4 Å². The van der Waals surface area contributed by atoms with Gasteiger partial charge in [-0.2, -0.15) is 11.8 Å². The molecule has 8 heteroatoms. The molecule has 2 N–H and O–H groups in total. The third kappa shape index (κ3) is 7.39. The molecule has 140 valence electrons. The fourth-order valence-electron chi connectivity index (χ4n) is 2.15. The van der Waals surface area contributed by atoms with E-state index in [-0.39, 0.29) is 18.4 Å². The molecule has 1 heterocycles. The van der Waals surface area contributed by atoms with Gasteiger partial charge in [-0.3, -0.25) is 9.59 Å². The molecular formula is C18H21BrN2O3S2. The molecular weight excluding hydrogens is 436 g/mol. The minimum atomic E-state index is -0.572. The Kier molecular flexibility index (Phi) is 9.00. The molecule has 0 radical (unpaired) electrons. The zero-order valence-electron chi connectivity index (χ0n) is 14.4. The summed E-state index contributed by atoms with van der Waals surface area (Å²) in [5, 5.41) is 5.65. The maximum atomic E-state index is 12.5. The highest BCUT2D eigenvalue weighted by Crippen LogP contribution is 2.21. The Morgan fingerprint density at radius 1 is 1.23 bits per heavy atom. The fraction of sp³-hybridized carbons (Fsp3) is 0.333. The van der Waals surface area contributed by atoms with Crippen LogP contribution in [0, 0.1) is 0 Å². The largest absolute Gasteiger partial charge is 0.484 e. The van der Waals surface area contributed by atoms with E-state index in [1.807, 2.05) is 36.6 Å². The number of carbonyl (C=O) groups is 2. The van der Waals surface area contributed by atoms with Gasteiger partial charge in [0.05, 0.1) is 10.3 Å². The third-order valence-electron chi connectivity index (χ3n) is 3.44. The molecule has 1 aromatic carbocycles. The first-order valence-electron chi connectivity index (χ1n) is 8.06. The summed E-state index contributed by atoms with van der Waals surface area (Å²) in [4.78, 5) is 25.6. The van der Waals surface area contributed by atoms with Crippen LogP contribution in [0.1, 0.15) is 11.3 Å². The van der Waals surface area contributed by atoms with E-state index in [0.717, 1.165) is 14.4 Å². The van der Waals surface area contributed by atoms with E-state index in [0.29, 0.717) is 18.7 Å². The highest BCUT2D eigenvalue weighted by Gasteiger charge is 2.20. The molecule has 1 unspecified atom stereocenters. The quantitative estimate of drug-likeness (QED) is 0.574. The highest BCUT2D eigenvalue weighted by molar-refractivity contribution is 9.11. The number of thioether (sulfide) groups is 1. The number of hydrogen-bond acceptors (Lipinski definition) is 5. The molecule has 2 amide bonds.